The maximum atomic E-state index is 12.0. The van der Waals surface area contributed by atoms with Gasteiger partial charge in [0.2, 0.25) is 0 Å². The molecular formula is C18H21NO3S. The average molecular weight is 331 g/mol. The zero-order chi connectivity index (χ0) is 16.1. The van der Waals surface area contributed by atoms with Crippen LogP contribution in [0, 0.1) is 5.92 Å². The molecule has 0 N–H and O–H groups in total. The van der Waals surface area contributed by atoms with Crippen LogP contribution in [0.5, 0.6) is 0 Å². The van der Waals surface area contributed by atoms with Crippen molar-refractivity contribution in [2.45, 2.75) is 45.3 Å². The summed E-state index contributed by atoms with van der Waals surface area (Å²) in [5.41, 5.74) is 2.08. The van der Waals surface area contributed by atoms with Gasteiger partial charge in [-0.2, -0.15) is 0 Å². The lowest BCUT2D eigenvalue weighted by molar-refractivity contribution is -0.151. The molecule has 5 heteroatoms. The van der Waals surface area contributed by atoms with Crippen LogP contribution in [0.1, 0.15) is 43.2 Å². The fraction of sp³-hybridized carbons (Fsp3) is 0.444. The Bertz CT molecular complexity index is 696. The summed E-state index contributed by atoms with van der Waals surface area (Å²) in [6.45, 7) is 0.910. The predicted molar refractivity (Wildman–Crippen MR) is 90.5 cm³/mol. The summed E-state index contributed by atoms with van der Waals surface area (Å²) in [4.78, 5) is 23.6. The monoisotopic (exact) mass is 331 g/mol. The Balaban J connectivity index is 1.52. The fourth-order valence-corrected chi connectivity index (χ4v) is 3.64. The lowest BCUT2D eigenvalue weighted by Gasteiger charge is -2.19. The maximum absolute atomic E-state index is 12.0. The molecule has 1 heterocycles. The third-order valence-electron chi connectivity index (χ3n) is 4.31. The highest BCUT2D eigenvalue weighted by Gasteiger charge is 2.22. The lowest BCUT2D eigenvalue weighted by Crippen LogP contribution is -2.20. The highest BCUT2D eigenvalue weighted by atomic mass is 32.1. The standard InChI is InChI=1S/C18H21NO3S/c20-17-10-11-23-19(17)12-14-6-8-15(9-7-14)13-22-18(21)16-4-2-1-3-5-16/h6-11,16H,1-5,12-13H2. The molecule has 2 aromatic rings. The minimum atomic E-state index is -0.0566. The van der Waals surface area contributed by atoms with Gasteiger partial charge in [0.15, 0.2) is 0 Å². The molecule has 0 amide bonds. The van der Waals surface area contributed by atoms with Gasteiger partial charge in [0.1, 0.15) is 6.61 Å². The summed E-state index contributed by atoms with van der Waals surface area (Å²) in [5.74, 6) is 0.0349. The third-order valence-corrected chi connectivity index (χ3v) is 5.13. The first kappa shape index (κ1) is 16.0. The normalized spacial score (nSPS) is 15.5. The summed E-state index contributed by atoms with van der Waals surface area (Å²) in [5, 5.41) is 1.79. The molecule has 1 aromatic heterocycles. The van der Waals surface area contributed by atoms with Crippen LogP contribution in [0.15, 0.2) is 40.5 Å². The van der Waals surface area contributed by atoms with Crippen molar-refractivity contribution in [2.24, 2.45) is 5.92 Å². The number of nitrogens with zero attached hydrogens (tertiary/aromatic N) is 1. The van der Waals surface area contributed by atoms with Gasteiger partial charge >= 0.3 is 5.97 Å². The molecule has 4 nitrogen and oxygen atoms in total. The van der Waals surface area contributed by atoms with Crippen LogP contribution in [0.2, 0.25) is 0 Å². The second-order valence-electron chi connectivity index (χ2n) is 6.04. The summed E-state index contributed by atoms with van der Waals surface area (Å²) in [7, 11) is 0. The topological polar surface area (TPSA) is 48.3 Å². The van der Waals surface area contributed by atoms with Crippen molar-refractivity contribution in [3.8, 4) is 0 Å². The number of hydrogen-bond donors (Lipinski definition) is 0. The van der Waals surface area contributed by atoms with E-state index in [1.54, 1.807) is 15.4 Å². The number of ether oxygens (including phenoxy) is 1. The van der Waals surface area contributed by atoms with E-state index in [4.69, 9.17) is 4.74 Å². The number of benzene rings is 1. The number of carbonyl (C=O) groups is 1. The molecule has 0 spiro atoms. The van der Waals surface area contributed by atoms with Crippen LogP contribution in [-0.4, -0.2) is 9.93 Å². The lowest BCUT2D eigenvalue weighted by atomic mass is 9.89. The minimum Gasteiger partial charge on any atom is -0.461 e. The van der Waals surface area contributed by atoms with Crippen molar-refractivity contribution >= 4 is 17.5 Å². The maximum Gasteiger partial charge on any atom is 0.309 e. The van der Waals surface area contributed by atoms with Crippen molar-refractivity contribution in [2.75, 3.05) is 0 Å². The van der Waals surface area contributed by atoms with Crippen LogP contribution in [0.25, 0.3) is 0 Å². The summed E-state index contributed by atoms with van der Waals surface area (Å²) in [6.07, 6.45) is 5.44. The van der Waals surface area contributed by atoms with E-state index in [0.717, 1.165) is 36.8 Å². The number of rotatable bonds is 5. The van der Waals surface area contributed by atoms with Crippen molar-refractivity contribution in [3.63, 3.8) is 0 Å². The Morgan fingerprint density at radius 3 is 2.43 bits per heavy atom. The van der Waals surface area contributed by atoms with Crippen LogP contribution in [0.4, 0.5) is 0 Å². The van der Waals surface area contributed by atoms with Crippen molar-refractivity contribution in [1.82, 2.24) is 3.96 Å². The molecule has 1 aliphatic rings. The predicted octanol–water partition coefficient (Wildman–Crippen LogP) is 3.58. The van der Waals surface area contributed by atoms with Crippen LogP contribution in [-0.2, 0) is 22.7 Å². The molecule has 0 bridgehead atoms. The van der Waals surface area contributed by atoms with Gasteiger partial charge in [-0.1, -0.05) is 55.1 Å². The van der Waals surface area contributed by atoms with Gasteiger partial charge in [0.25, 0.3) is 5.56 Å². The van der Waals surface area contributed by atoms with Crippen LogP contribution in [0.3, 0.4) is 0 Å². The van der Waals surface area contributed by atoms with E-state index in [-0.39, 0.29) is 17.4 Å². The first-order valence-corrected chi connectivity index (χ1v) is 8.95. The third kappa shape index (κ3) is 4.32. The molecule has 0 atom stereocenters. The number of hydrogen-bond acceptors (Lipinski definition) is 4. The van der Waals surface area contributed by atoms with E-state index in [1.807, 2.05) is 24.3 Å². The molecule has 1 fully saturated rings. The molecule has 0 radical (unpaired) electrons. The average Bonchev–Trinajstić information content (AvgIpc) is 2.99. The molecule has 1 saturated carbocycles. The van der Waals surface area contributed by atoms with E-state index in [2.05, 4.69) is 0 Å². The summed E-state index contributed by atoms with van der Waals surface area (Å²) >= 11 is 1.41. The molecule has 0 saturated heterocycles. The molecule has 1 aromatic carbocycles. The number of carbonyl (C=O) groups excluding carboxylic acids is 1. The Hall–Kier alpha value is -1.88. The molecule has 122 valence electrons. The molecule has 0 aliphatic heterocycles. The highest BCUT2D eigenvalue weighted by molar-refractivity contribution is 7.04. The Kier molecular flexibility index (Phi) is 5.28. The van der Waals surface area contributed by atoms with Gasteiger partial charge in [-0.15, -0.1) is 0 Å². The van der Waals surface area contributed by atoms with E-state index in [0.29, 0.717) is 13.2 Å². The van der Waals surface area contributed by atoms with Gasteiger partial charge in [0, 0.05) is 11.4 Å². The Morgan fingerprint density at radius 1 is 1.09 bits per heavy atom. The van der Waals surface area contributed by atoms with E-state index in [9.17, 15) is 9.59 Å². The van der Waals surface area contributed by atoms with Gasteiger partial charge in [-0.25, -0.2) is 0 Å². The second-order valence-corrected chi connectivity index (χ2v) is 6.97. The SMILES string of the molecule is O=C(OCc1ccc(Cn2sccc2=O)cc1)C1CCCCC1. The molecule has 3 rings (SSSR count). The van der Waals surface area contributed by atoms with E-state index in [1.165, 1.54) is 18.0 Å². The second kappa shape index (κ2) is 7.59. The minimum absolute atomic E-state index is 0.0282. The first-order chi connectivity index (χ1) is 11.2. The van der Waals surface area contributed by atoms with Crippen molar-refractivity contribution in [1.29, 1.82) is 0 Å². The molecule has 23 heavy (non-hydrogen) atoms. The summed E-state index contributed by atoms with van der Waals surface area (Å²) in [6, 6.07) is 9.46. The van der Waals surface area contributed by atoms with Crippen LogP contribution < -0.4 is 5.56 Å². The highest BCUT2D eigenvalue weighted by Crippen LogP contribution is 2.25. The largest absolute Gasteiger partial charge is 0.461 e. The van der Waals surface area contributed by atoms with Gasteiger partial charge in [-0.3, -0.25) is 13.5 Å². The van der Waals surface area contributed by atoms with Crippen molar-refractivity contribution in [3.05, 3.63) is 57.2 Å². The fourth-order valence-electron chi connectivity index (χ4n) is 2.93. The van der Waals surface area contributed by atoms with Gasteiger partial charge in [0.05, 0.1) is 12.5 Å². The van der Waals surface area contributed by atoms with E-state index < -0.39 is 0 Å². The number of aromatic nitrogens is 1. The Labute approximate surface area is 139 Å². The Morgan fingerprint density at radius 2 is 1.78 bits per heavy atom. The number of esters is 1. The molecular weight excluding hydrogens is 310 g/mol. The van der Waals surface area contributed by atoms with Crippen LogP contribution >= 0.6 is 11.5 Å². The first-order valence-electron chi connectivity index (χ1n) is 8.11. The quantitative estimate of drug-likeness (QED) is 0.787. The molecule has 0 unspecified atom stereocenters. The molecule has 1 aliphatic carbocycles. The van der Waals surface area contributed by atoms with Gasteiger partial charge in [-0.05, 0) is 24.0 Å². The van der Waals surface area contributed by atoms with E-state index >= 15 is 0 Å². The van der Waals surface area contributed by atoms with Gasteiger partial charge < -0.3 is 4.74 Å². The zero-order valence-electron chi connectivity index (χ0n) is 13.1. The van der Waals surface area contributed by atoms with Crippen molar-refractivity contribution < 1.29 is 9.53 Å². The zero-order valence-corrected chi connectivity index (χ0v) is 13.9. The smallest absolute Gasteiger partial charge is 0.309 e. The summed E-state index contributed by atoms with van der Waals surface area (Å²) < 4.78 is 7.15.